The first-order valence-corrected chi connectivity index (χ1v) is 6.79. The quantitative estimate of drug-likeness (QED) is 0.338. The maximum Gasteiger partial charge on any atom is 0.183 e. The first kappa shape index (κ1) is 10.8. The van der Waals surface area contributed by atoms with Crippen molar-refractivity contribution >= 4 is 16.9 Å². The number of amidine groups is 1. The van der Waals surface area contributed by atoms with Gasteiger partial charge in [-0.3, -0.25) is 10.3 Å². The zero-order valence-electron chi connectivity index (χ0n) is 9.07. The Kier molecular flexibility index (Phi) is 3.53. The highest BCUT2D eigenvalue weighted by atomic mass is 32.2. The Hall–Kier alpha value is -0.690. The van der Waals surface area contributed by atoms with E-state index in [0.717, 1.165) is 29.5 Å². The fourth-order valence-electron chi connectivity index (χ4n) is 3.00. The largest absolute Gasteiger partial charge is 0.272 e. The van der Waals surface area contributed by atoms with E-state index in [0.29, 0.717) is 0 Å². The molecule has 4 heteroatoms. The molecule has 0 aromatic rings. The van der Waals surface area contributed by atoms with Crippen LogP contribution in [0.3, 0.4) is 0 Å². The Morgan fingerprint density at radius 3 is 2.93 bits per heavy atom. The standard InChI is InChI=1S/C11H17N3S/c1-15-11(14-7-12)13-6-10-5-8-2-3-9(10)4-8/h8-10H,2-6H2,1H3,(H,13,14). The van der Waals surface area contributed by atoms with E-state index in [1.807, 2.05) is 12.4 Å². The monoisotopic (exact) mass is 223 g/mol. The first-order chi connectivity index (χ1) is 7.33. The highest BCUT2D eigenvalue weighted by molar-refractivity contribution is 8.13. The highest BCUT2D eigenvalue weighted by Crippen LogP contribution is 2.48. The lowest BCUT2D eigenvalue weighted by molar-refractivity contribution is 0.342. The highest BCUT2D eigenvalue weighted by Gasteiger charge is 2.39. The summed E-state index contributed by atoms with van der Waals surface area (Å²) >= 11 is 1.51. The molecule has 1 N–H and O–H groups in total. The normalized spacial score (nSPS) is 34.1. The summed E-state index contributed by atoms with van der Waals surface area (Å²) in [7, 11) is 0. The van der Waals surface area contributed by atoms with Crippen LogP contribution in [-0.4, -0.2) is 18.0 Å². The second kappa shape index (κ2) is 4.89. The number of hydrogen-bond donors (Lipinski definition) is 1. The molecule has 3 nitrogen and oxygen atoms in total. The van der Waals surface area contributed by atoms with Crippen molar-refractivity contribution in [3.05, 3.63) is 0 Å². The minimum Gasteiger partial charge on any atom is -0.272 e. The maximum atomic E-state index is 8.51. The van der Waals surface area contributed by atoms with Crippen LogP contribution in [0.15, 0.2) is 4.99 Å². The van der Waals surface area contributed by atoms with Crippen LogP contribution in [-0.2, 0) is 0 Å². The number of nitriles is 1. The van der Waals surface area contributed by atoms with E-state index in [1.54, 1.807) is 0 Å². The van der Waals surface area contributed by atoms with Crippen molar-refractivity contribution in [2.45, 2.75) is 25.7 Å². The van der Waals surface area contributed by atoms with Crippen LogP contribution in [0.1, 0.15) is 25.7 Å². The third-order valence-corrected chi connectivity index (χ3v) is 4.33. The molecule has 0 heterocycles. The molecule has 0 aromatic heterocycles. The number of rotatable bonds is 2. The Labute approximate surface area is 95.3 Å². The van der Waals surface area contributed by atoms with Gasteiger partial charge in [-0.05, 0) is 43.3 Å². The Morgan fingerprint density at radius 1 is 1.53 bits per heavy atom. The topological polar surface area (TPSA) is 48.2 Å². The number of thioether (sulfide) groups is 1. The SMILES string of the molecule is CSC(=NCC1CC2CCC1C2)NC#N. The Bertz CT molecular complexity index is 295. The molecular weight excluding hydrogens is 206 g/mol. The van der Waals surface area contributed by atoms with E-state index in [9.17, 15) is 0 Å². The van der Waals surface area contributed by atoms with Gasteiger partial charge in [0, 0.05) is 6.54 Å². The Morgan fingerprint density at radius 2 is 2.40 bits per heavy atom. The minimum atomic E-state index is 0.764. The molecule has 2 bridgehead atoms. The van der Waals surface area contributed by atoms with E-state index in [2.05, 4.69) is 10.3 Å². The van der Waals surface area contributed by atoms with Gasteiger partial charge in [-0.25, -0.2) is 0 Å². The lowest BCUT2D eigenvalue weighted by atomic mass is 9.89. The van der Waals surface area contributed by atoms with Gasteiger partial charge >= 0.3 is 0 Å². The van der Waals surface area contributed by atoms with Gasteiger partial charge in [0.05, 0.1) is 0 Å². The second-order valence-electron chi connectivity index (χ2n) is 4.52. The van der Waals surface area contributed by atoms with Gasteiger partial charge in [-0.15, -0.1) is 0 Å². The van der Waals surface area contributed by atoms with E-state index in [-0.39, 0.29) is 0 Å². The van der Waals surface area contributed by atoms with Crippen LogP contribution in [0.4, 0.5) is 0 Å². The lowest BCUT2D eigenvalue weighted by Gasteiger charge is -2.19. The van der Waals surface area contributed by atoms with Gasteiger partial charge < -0.3 is 0 Å². The maximum absolute atomic E-state index is 8.51. The van der Waals surface area contributed by atoms with Crippen LogP contribution in [0, 0.1) is 29.2 Å². The molecule has 0 aromatic carbocycles. The molecule has 2 saturated carbocycles. The molecule has 0 amide bonds. The summed E-state index contributed by atoms with van der Waals surface area (Å²) in [4.78, 5) is 4.48. The van der Waals surface area contributed by atoms with Crippen molar-refractivity contribution in [2.24, 2.45) is 22.7 Å². The minimum absolute atomic E-state index is 0.764. The predicted octanol–water partition coefficient (Wildman–Crippen LogP) is 2.21. The third-order valence-electron chi connectivity index (χ3n) is 3.71. The number of aliphatic imine (C=N–C) groups is 1. The molecule has 0 spiro atoms. The summed E-state index contributed by atoms with van der Waals surface area (Å²) in [6, 6.07) is 0. The van der Waals surface area contributed by atoms with Crippen LogP contribution >= 0.6 is 11.8 Å². The summed E-state index contributed by atoms with van der Waals surface area (Å²) in [5, 5.41) is 11.9. The van der Waals surface area contributed by atoms with Gasteiger partial charge in [0.25, 0.3) is 0 Å². The smallest absolute Gasteiger partial charge is 0.183 e. The van der Waals surface area contributed by atoms with Crippen molar-refractivity contribution in [3.63, 3.8) is 0 Å². The average molecular weight is 223 g/mol. The summed E-state index contributed by atoms with van der Waals surface area (Å²) < 4.78 is 0. The molecule has 2 rings (SSSR count). The van der Waals surface area contributed by atoms with Crippen molar-refractivity contribution in [2.75, 3.05) is 12.8 Å². The summed E-state index contributed by atoms with van der Waals surface area (Å²) in [6.07, 6.45) is 9.52. The zero-order chi connectivity index (χ0) is 10.7. The van der Waals surface area contributed by atoms with Crippen LogP contribution < -0.4 is 5.32 Å². The molecule has 0 radical (unpaired) electrons. The Balaban J connectivity index is 1.84. The number of nitrogens with one attached hydrogen (secondary N) is 1. The molecule has 2 aliphatic carbocycles. The number of hydrogen-bond acceptors (Lipinski definition) is 3. The molecule has 0 aliphatic heterocycles. The van der Waals surface area contributed by atoms with Gasteiger partial charge in [0.2, 0.25) is 0 Å². The molecule has 3 atom stereocenters. The second-order valence-corrected chi connectivity index (χ2v) is 5.32. The third kappa shape index (κ3) is 2.46. The molecule has 2 fully saturated rings. The van der Waals surface area contributed by atoms with Crippen LogP contribution in [0.5, 0.6) is 0 Å². The van der Waals surface area contributed by atoms with E-state index >= 15 is 0 Å². The fraction of sp³-hybridized carbons (Fsp3) is 0.818. The van der Waals surface area contributed by atoms with Crippen molar-refractivity contribution in [1.82, 2.24) is 5.32 Å². The van der Waals surface area contributed by atoms with Crippen molar-refractivity contribution < 1.29 is 0 Å². The summed E-state index contributed by atoms with van der Waals surface area (Å²) in [5.74, 6) is 2.69. The zero-order valence-corrected chi connectivity index (χ0v) is 9.89. The van der Waals surface area contributed by atoms with Gasteiger partial charge in [-0.2, -0.15) is 5.26 Å². The predicted molar refractivity (Wildman–Crippen MR) is 63.5 cm³/mol. The lowest BCUT2D eigenvalue weighted by Crippen LogP contribution is -2.18. The van der Waals surface area contributed by atoms with Crippen LogP contribution in [0.25, 0.3) is 0 Å². The van der Waals surface area contributed by atoms with Gasteiger partial charge in [0.1, 0.15) is 0 Å². The molecule has 2 aliphatic rings. The number of fused-ring (bicyclic) bond motifs is 2. The number of nitrogens with zero attached hydrogens (tertiary/aromatic N) is 2. The fourth-order valence-corrected chi connectivity index (χ4v) is 3.35. The average Bonchev–Trinajstić information content (AvgIpc) is 2.85. The van der Waals surface area contributed by atoms with E-state index in [1.165, 1.54) is 37.4 Å². The first-order valence-electron chi connectivity index (χ1n) is 5.57. The van der Waals surface area contributed by atoms with Crippen molar-refractivity contribution in [1.29, 1.82) is 5.26 Å². The van der Waals surface area contributed by atoms with Gasteiger partial charge in [-0.1, -0.05) is 18.2 Å². The summed E-state index contributed by atoms with van der Waals surface area (Å²) in [6.45, 7) is 0.909. The van der Waals surface area contributed by atoms with Crippen molar-refractivity contribution in [3.8, 4) is 6.19 Å². The molecular formula is C11H17N3S. The molecule has 82 valence electrons. The van der Waals surface area contributed by atoms with Crippen LogP contribution in [0.2, 0.25) is 0 Å². The summed E-state index contributed by atoms with van der Waals surface area (Å²) in [5.41, 5.74) is 0. The molecule has 15 heavy (non-hydrogen) atoms. The van der Waals surface area contributed by atoms with E-state index in [4.69, 9.17) is 5.26 Å². The molecule has 0 saturated heterocycles. The van der Waals surface area contributed by atoms with E-state index < -0.39 is 0 Å². The molecule has 3 unspecified atom stereocenters. The van der Waals surface area contributed by atoms with Gasteiger partial charge in [0.15, 0.2) is 11.4 Å².